The van der Waals surface area contributed by atoms with Crippen molar-refractivity contribution < 1.29 is 13.2 Å². The minimum Gasteiger partial charge on any atom is -0.357 e. The minimum absolute atomic E-state index is 0.0595. The van der Waals surface area contributed by atoms with Crippen molar-refractivity contribution in [1.82, 2.24) is 15.1 Å². The molecule has 1 aromatic carbocycles. The predicted molar refractivity (Wildman–Crippen MR) is 101 cm³/mol. The van der Waals surface area contributed by atoms with Gasteiger partial charge in [0.25, 0.3) is 15.0 Å². The van der Waals surface area contributed by atoms with Crippen molar-refractivity contribution >= 4 is 25.6 Å². The minimum atomic E-state index is -3.83. The lowest BCUT2D eigenvalue weighted by Gasteiger charge is -2.35. The fraction of sp³-hybridized carbons (Fsp3) is 0.500. The van der Waals surface area contributed by atoms with Gasteiger partial charge in [-0.05, 0) is 48.2 Å². The normalized spacial score (nSPS) is 21.2. The predicted octanol–water partition coefficient (Wildman–Crippen LogP) is 2.22. The Labute approximate surface area is 159 Å². The number of hydrogen-bond acceptors (Lipinski definition) is 5. The van der Waals surface area contributed by atoms with Crippen molar-refractivity contribution in [2.75, 3.05) is 26.8 Å². The SMILES string of the molecule is CCCN1CC2=C(C(=O)NC2c2cc(S(=O)(=O)Cl)ccc2CC)N(C)C1. The summed E-state index contributed by atoms with van der Waals surface area (Å²) in [4.78, 5) is 16.9. The van der Waals surface area contributed by atoms with Crippen LogP contribution in [0.4, 0.5) is 0 Å². The summed E-state index contributed by atoms with van der Waals surface area (Å²) in [5, 5.41) is 3.04. The van der Waals surface area contributed by atoms with Crippen LogP contribution in [0.5, 0.6) is 0 Å². The monoisotopic (exact) mass is 397 g/mol. The van der Waals surface area contributed by atoms with Gasteiger partial charge in [-0.1, -0.05) is 19.9 Å². The molecule has 2 aliphatic heterocycles. The van der Waals surface area contributed by atoms with E-state index in [0.29, 0.717) is 18.9 Å². The molecule has 2 heterocycles. The smallest absolute Gasteiger partial charge is 0.268 e. The van der Waals surface area contributed by atoms with Gasteiger partial charge in [0.15, 0.2) is 0 Å². The first-order valence-corrected chi connectivity index (χ1v) is 11.1. The molecule has 0 spiro atoms. The van der Waals surface area contributed by atoms with Crippen LogP contribution < -0.4 is 5.32 Å². The average molecular weight is 398 g/mol. The number of carbonyl (C=O) groups is 1. The number of nitrogens with zero attached hydrogens (tertiary/aromatic N) is 2. The number of likely N-dealkylation sites (N-methyl/N-ethyl adjacent to an activating group) is 1. The molecule has 6 nitrogen and oxygen atoms in total. The second kappa shape index (κ2) is 7.21. The summed E-state index contributed by atoms with van der Waals surface area (Å²) >= 11 is 0. The van der Waals surface area contributed by atoms with E-state index < -0.39 is 9.05 Å². The zero-order valence-electron chi connectivity index (χ0n) is 15.3. The second-order valence-corrected chi connectivity index (χ2v) is 9.39. The van der Waals surface area contributed by atoms with Crippen LogP contribution in [0.1, 0.15) is 37.4 Å². The highest BCUT2D eigenvalue weighted by Crippen LogP contribution is 2.37. The Bertz CT molecular complexity index is 866. The van der Waals surface area contributed by atoms with Crippen LogP contribution in [0.25, 0.3) is 0 Å². The van der Waals surface area contributed by atoms with Crippen molar-refractivity contribution in [3.63, 3.8) is 0 Å². The molecule has 0 saturated heterocycles. The van der Waals surface area contributed by atoms with Crippen molar-refractivity contribution in [3.8, 4) is 0 Å². The molecule has 8 heteroatoms. The fourth-order valence-electron chi connectivity index (χ4n) is 3.86. The topological polar surface area (TPSA) is 69.7 Å². The lowest BCUT2D eigenvalue weighted by atomic mass is 9.93. The molecule has 1 N–H and O–H groups in total. The van der Waals surface area contributed by atoms with Gasteiger partial charge in [-0.2, -0.15) is 0 Å². The Hall–Kier alpha value is -1.57. The van der Waals surface area contributed by atoms with Gasteiger partial charge in [0.1, 0.15) is 5.70 Å². The van der Waals surface area contributed by atoms with E-state index in [1.165, 1.54) is 6.07 Å². The summed E-state index contributed by atoms with van der Waals surface area (Å²) in [5.74, 6) is -0.107. The first-order chi connectivity index (χ1) is 12.3. The van der Waals surface area contributed by atoms with Crippen LogP contribution in [0.3, 0.4) is 0 Å². The highest BCUT2D eigenvalue weighted by Gasteiger charge is 2.39. The molecular weight excluding hydrogens is 374 g/mol. The molecule has 1 aromatic rings. The molecule has 0 bridgehead atoms. The Morgan fingerprint density at radius 1 is 1.31 bits per heavy atom. The third kappa shape index (κ3) is 3.48. The molecule has 26 heavy (non-hydrogen) atoms. The lowest BCUT2D eigenvalue weighted by molar-refractivity contribution is -0.118. The van der Waals surface area contributed by atoms with E-state index in [1.807, 2.05) is 18.9 Å². The largest absolute Gasteiger partial charge is 0.357 e. The molecule has 0 radical (unpaired) electrons. The van der Waals surface area contributed by atoms with E-state index in [1.54, 1.807) is 12.1 Å². The molecule has 0 aromatic heterocycles. The average Bonchev–Trinajstić information content (AvgIpc) is 2.90. The Balaban J connectivity index is 2.08. The van der Waals surface area contributed by atoms with Gasteiger partial charge < -0.3 is 10.2 Å². The maximum absolute atomic E-state index is 12.6. The van der Waals surface area contributed by atoms with E-state index >= 15 is 0 Å². The summed E-state index contributed by atoms with van der Waals surface area (Å²) in [6.07, 6.45) is 1.77. The van der Waals surface area contributed by atoms with Crippen LogP contribution in [0, 0.1) is 0 Å². The number of rotatable bonds is 5. The Morgan fingerprint density at radius 3 is 2.65 bits per heavy atom. The van der Waals surface area contributed by atoms with E-state index in [0.717, 1.165) is 36.1 Å². The van der Waals surface area contributed by atoms with Crippen LogP contribution in [0.15, 0.2) is 34.4 Å². The summed E-state index contributed by atoms with van der Waals surface area (Å²) in [6.45, 7) is 6.49. The number of amides is 1. The van der Waals surface area contributed by atoms with E-state index in [4.69, 9.17) is 10.7 Å². The van der Waals surface area contributed by atoms with Gasteiger partial charge in [-0.15, -0.1) is 0 Å². The third-order valence-corrected chi connectivity index (χ3v) is 6.31. The number of nitrogens with one attached hydrogen (secondary N) is 1. The quantitative estimate of drug-likeness (QED) is 0.771. The summed E-state index contributed by atoms with van der Waals surface area (Å²) in [5.41, 5.74) is 3.50. The van der Waals surface area contributed by atoms with Gasteiger partial charge in [-0.3, -0.25) is 9.69 Å². The lowest BCUT2D eigenvalue weighted by Crippen LogP contribution is -2.43. The maximum Gasteiger partial charge on any atom is 0.268 e. The number of halogens is 1. The zero-order chi connectivity index (χ0) is 19.1. The van der Waals surface area contributed by atoms with Gasteiger partial charge >= 0.3 is 0 Å². The van der Waals surface area contributed by atoms with Crippen LogP contribution in [-0.4, -0.2) is 50.9 Å². The molecule has 0 aliphatic carbocycles. The fourth-order valence-corrected chi connectivity index (χ4v) is 4.65. The maximum atomic E-state index is 12.6. The number of carbonyl (C=O) groups excluding carboxylic acids is 1. The number of hydrogen-bond donors (Lipinski definition) is 1. The first kappa shape index (κ1) is 19.2. The Morgan fingerprint density at radius 2 is 2.04 bits per heavy atom. The molecule has 1 amide bonds. The third-order valence-electron chi connectivity index (χ3n) is 4.96. The van der Waals surface area contributed by atoms with Crippen molar-refractivity contribution in [2.45, 2.75) is 37.6 Å². The molecular formula is C18H24ClN3O3S. The Kier molecular flexibility index (Phi) is 5.33. The molecule has 0 saturated carbocycles. The summed E-state index contributed by atoms with van der Waals surface area (Å²) in [7, 11) is 3.63. The molecule has 0 fully saturated rings. The van der Waals surface area contributed by atoms with Crippen LogP contribution >= 0.6 is 10.7 Å². The van der Waals surface area contributed by atoms with E-state index in [-0.39, 0.29) is 16.8 Å². The second-order valence-electron chi connectivity index (χ2n) is 6.82. The van der Waals surface area contributed by atoms with Gasteiger partial charge in [0, 0.05) is 24.3 Å². The molecule has 3 rings (SSSR count). The highest BCUT2D eigenvalue weighted by atomic mass is 35.7. The van der Waals surface area contributed by atoms with Gasteiger partial charge in [0.2, 0.25) is 0 Å². The van der Waals surface area contributed by atoms with Crippen molar-refractivity contribution in [3.05, 3.63) is 40.6 Å². The first-order valence-electron chi connectivity index (χ1n) is 8.81. The molecule has 2 aliphatic rings. The van der Waals surface area contributed by atoms with Crippen LogP contribution in [-0.2, 0) is 20.3 Å². The van der Waals surface area contributed by atoms with Crippen molar-refractivity contribution in [1.29, 1.82) is 0 Å². The molecule has 142 valence electrons. The van der Waals surface area contributed by atoms with Gasteiger partial charge in [-0.25, -0.2) is 8.42 Å². The van der Waals surface area contributed by atoms with Gasteiger partial charge in [0.05, 0.1) is 17.6 Å². The van der Waals surface area contributed by atoms with Crippen LogP contribution in [0.2, 0.25) is 0 Å². The van der Waals surface area contributed by atoms with Crippen molar-refractivity contribution in [2.24, 2.45) is 0 Å². The standard InChI is InChI=1S/C18H24ClN3O3S/c1-4-8-22-10-15-16(20-18(23)17(15)21(3)11-22)14-9-13(26(19,24)25)7-6-12(14)5-2/h6-7,9,16H,4-5,8,10-11H2,1-3H3,(H,20,23). The number of aryl methyl sites for hydroxylation is 1. The summed E-state index contributed by atoms with van der Waals surface area (Å²) < 4.78 is 23.6. The number of benzene rings is 1. The zero-order valence-corrected chi connectivity index (χ0v) is 16.8. The highest BCUT2D eigenvalue weighted by molar-refractivity contribution is 8.13. The molecule has 1 unspecified atom stereocenters. The summed E-state index contributed by atoms with van der Waals surface area (Å²) in [6, 6.07) is 4.58. The van der Waals surface area contributed by atoms with E-state index in [9.17, 15) is 13.2 Å². The van der Waals surface area contributed by atoms with E-state index in [2.05, 4.69) is 17.1 Å². The molecule has 1 atom stereocenters.